The van der Waals surface area contributed by atoms with Gasteiger partial charge in [-0.15, -0.1) is 0 Å². The predicted octanol–water partition coefficient (Wildman–Crippen LogP) is 2.99. The van der Waals surface area contributed by atoms with Gasteiger partial charge in [0.1, 0.15) is 11.4 Å². The number of hydrogen-bond acceptors (Lipinski definition) is 6. The molecule has 0 fully saturated rings. The smallest absolute Gasteiger partial charge is 0.341 e. The summed E-state index contributed by atoms with van der Waals surface area (Å²) >= 11 is 0. The van der Waals surface area contributed by atoms with E-state index in [1.807, 2.05) is 0 Å². The molecule has 1 heterocycles. The topological polar surface area (TPSA) is 86.2 Å². The molecule has 0 radical (unpaired) electrons. The van der Waals surface area contributed by atoms with E-state index in [1.165, 1.54) is 38.3 Å². The number of esters is 1. The van der Waals surface area contributed by atoms with Gasteiger partial charge in [0.25, 0.3) is 0 Å². The standard InChI is InChI=1S/C17H19FN2O4S/c1-5-25(22,23)17-19-14(10(2)3)13(16(21)24-4)15(20-17)11-6-8-12(18)9-7-11/h6-10H,5H2,1-4H3. The Labute approximate surface area is 146 Å². The first kappa shape index (κ1) is 19.0. The fourth-order valence-electron chi connectivity index (χ4n) is 2.26. The summed E-state index contributed by atoms with van der Waals surface area (Å²) in [6.07, 6.45) is 0. The van der Waals surface area contributed by atoms with Crippen molar-refractivity contribution in [2.45, 2.75) is 31.8 Å². The monoisotopic (exact) mass is 366 g/mol. The normalized spacial score (nSPS) is 11.6. The van der Waals surface area contributed by atoms with Gasteiger partial charge in [0.15, 0.2) is 0 Å². The van der Waals surface area contributed by atoms with Gasteiger partial charge in [0.2, 0.25) is 15.0 Å². The first-order valence-corrected chi connectivity index (χ1v) is 9.35. The Morgan fingerprint density at radius 2 is 1.80 bits per heavy atom. The van der Waals surface area contributed by atoms with Crippen molar-refractivity contribution >= 4 is 15.8 Å². The van der Waals surface area contributed by atoms with Crippen molar-refractivity contribution in [3.8, 4) is 11.3 Å². The Kier molecular flexibility index (Phi) is 5.52. The van der Waals surface area contributed by atoms with Gasteiger partial charge in [-0.3, -0.25) is 0 Å². The van der Waals surface area contributed by atoms with Gasteiger partial charge < -0.3 is 4.74 Å². The second-order valence-electron chi connectivity index (χ2n) is 5.67. The molecule has 8 heteroatoms. The van der Waals surface area contributed by atoms with Crippen LogP contribution in [0.15, 0.2) is 29.4 Å². The van der Waals surface area contributed by atoms with Crippen molar-refractivity contribution in [2.75, 3.05) is 12.9 Å². The quantitative estimate of drug-likeness (QED) is 0.597. The number of halogens is 1. The molecule has 0 bridgehead atoms. The highest BCUT2D eigenvalue weighted by atomic mass is 32.2. The summed E-state index contributed by atoms with van der Waals surface area (Å²) in [6.45, 7) is 5.05. The zero-order valence-corrected chi connectivity index (χ0v) is 15.2. The van der Waals surface area contributed by atoms with Crippen molar-refractivity contribution in [2.24, 2.45) is 0 Å². The molecule has 0 amide bonds. The molecule has 0 saturated carbocycles. The van der Waals surface area contributed by atoms with Crippen LogP contribution in [0.5, 0.6) is 0 Å². The zero-order chi connectivity index (χ0) is 18.8. The zero-order valence-electron chi connectivity index (χ0n) is 14.4. The first-order chi connectivity index (χ1) is 11.7. The van der Waals surface area contributed by atoms with E-state index in [9.17, 15) is 17.6 Å². The van der Waals surface area contributed by atoms with Gasteiger partial charge in [0, 0.05) is 5.56 Å². The summed E-state index contributed by atoms with van der Waals surface area (Å²) < 4.78 is 42.6. The Balaban J connectivity index is 2.89. The molecule has 6 nitrogen and oxygen atoms in total. The highest BCUT2D eigenvalue weighted by Crippen LogP contribution is 2.29. The summed E-state index contributed by atoms with van der Waals surface area (Å²) in [5, 5.41) is -0.356. The maximum absolute atomic E-state index is 13.2. The van der Waals surface area contributed by atoms with Gasteiger partial charge in [-0.2, -0.15) is 0 Å². The van der Waals surface area contributed by atoms with Crippen LogP contribution >= 0.6 is 0 Å². The molecule has 0 aliphatic heterocycles. The number of carbonyl (C=O) groups excluding carboxylic acids is 1. The molecule has 0 saturated heterocycles. The fourth-order valence-corrected chi connectivity index (χ4v) is 2.99. The number of aromatic nitrogens is 2. The molecule has 0 aliphatic rings. The molecule has 0 aliphatic carbocycles. The highest BCUT2D eigenvalue weighted by Gasteiger charge is 2.27. The number of carbonyl (C=O) groups is 1. The number of ether oxygens (including phenoxy) is 1. The largest absolute Gasteiger partial charge is 0.465 e. The van der Waals surface area contributed by atoms with Gasteiger partial charge in [-0.25, -0.2) is 27.6 Å². The predicted molar refractivity (Wildman–Crippen MR) is 90.6 cm³/mol. The number of hydrogen-bond donors (Lipinski definition) is 0. The molecule has 0 N–H and O–H groups in total. The van der Waals surface area contributed by atoms with E-state index < -0.39 is 21.6 Å². The van der Waals surface area contributed by atoms with E-state index in [4.69, 9.17) is 4.74 Å². The molecule has 25 heavy (non-hydrogen) atoms. The Bertz CT molecular complexity index is 894. The van der Waals surface area contributed by atoms with Crippen molar-refractivity contribution in [3.63, 3.8) is 0 Å². The van der Waals surface area contributed by atoms with Gasteiger partial charge >= 0.3 is 5.97 Å². The lowest BCUT2D eigenvalue weighted by atomic mass is 9.98. The van der Waals surface area contributed by atoms with Crippen LogP contribution in [-0.2, 0) is 14.6 Å². The Morgan fingerprint density at radius 3 is 2.28 bits per heavy atom. The van der Waals surface area contributed by atoms with Crippen LogP contribution in [0.1, 0.15) is 42.7 Å². The Morgan fingerprint density at radius 1 is 1.20 bits per heavy atom. The molecule has 1 aromatic heterocycles. The van der Waals surface area contributed by atoms with Crippen LogP contribution in [0.4, 0.5) is 4.39 Å². The maximum Gasteiger partial charge on any atom is 0.341 e. The van der Waals surface area contributed by atoms with E-state index >= 15 is 0 Å². The maximum atomic E-state index is 13.2. The third kappa shape index (κ3) is 3.84. The average molecular weight is 366 g/mol. The number of nitrogens with zero attached hydrogens (tertiary/aromatic N) is 2. The van der Waals surface area contributed by atoms with E-state index in [-0.39, 0.29) is 33.8 Å². The minimum absolute atomic E-state index is 0.0826. The lowest BCUT2D eigenvalue weighted by Gasteiger charge is -2.16. The highest BCUT2D eigenvalue weighted by molar-refractivity contribution is 7.91. The molecule has 2 rings (SSSR count). The summed E-state index contributed by atoms with van der Waals surface area (Å²) in [5.74, 6) is -1.56. The Hall–Kier alpha value is -2.35. The summed E-state index contributed by atoms with van der Waals surface area (Å²) in [5.41, 5.74) is 0.864. The van der Waals surface area contributed by atoms with E-state index in [1.54, 1.807) is 13.8 Å². The van der Waals surface area contributed by atoms with Crippen LogP contribution in [0.25, 0.3) is 11.3 Å². The van der Waals surface area contributed by atoms with E-state index in [0.717, 1.165) is 0 Å². The number of benzene rings is 1. The lowest BCUT2D eigenvalue weighted by molar-refractivity contribution is 0.0598. The third-order valence-corrected chi connectivity index (χ3v) is 5.13. The number of sulfone groups is 1. The molecule has 0 unspecified atom stereocenters. The summed E-state index contributed by atoms with van der Waals surface area (Å²) in [7, 11) is -2.47. The van der Waals surface area contributed by atoms with E-state index in [0.29, 0.717) is 5.56 Å². The third-order valence-electron chi connectivity index (χ3n) is 3.63. The number of rotatable bonds is 5. The van der Waals surface area contributed by atoms with Gasteiger partial charge in [0.05, 0.1) is 24.3 Å². The lowest BCUT2D eigenvalue weighted by Crippen LogP contribution is -2.18. The van der Waals surface area contributed by atoms with Crippen LogP contribution < -0.4 is 0 Å². The molecular formula is C17H19FN2O4S. The van der Waals surface area contributed by atoms with Crippen LogP contribution in [-0.4, -0.2) is 37.2 Å². The minimum Gasteiger partial charge on any atom is -0.465 e. The molecule has 134 valence electrons. The van der Waals surface area contributed by atoms with Crippen LogP contribution in [0, 0.1) is 5.82 Å². The summed E-state index contributed by atoms with van der Waals surface area (Å²) in [4.78, 5) is 20.5. The minimum atomic E-state index is -3.69. The molecular weight excluding hydrogens is 347 g/mol. The fraction of sp³-hybridized carbons (Fsp3) is 0.353. The van der Waals surface area contributed by atoms with Gasteiger partial charge in [-0.05, 0) is 30.2 Å². The summed E-state index contributed by atoms with van der Waals surface area (Å²) in [6, 6.07) is 5.27. The van der Waals surface area contributed by atoms with Gasteiger partial charge in [-0.1, -0.05) is 20.8 Å². The molecule has 0 spiro atoms. The van der Waals surface area contributed by atoms with Crippen LogP contribution in [0.3, 0.4) is 0 Å². The molecule has 2 aromatic rings. The van der Waals surface area contributed by atoms with Crippen molar-refractivity contribution in [1.82, 2.24) is 9.97 Å². The first-order valence-electron chi connectivity index (χ1n) is 7.70. The van der Waals surface area contributed by atoms with Crippen LogP contribution in [0.2, 0.25) is 0 Å². The molecule has 0 atom stereocenters. The van der Waals surface area contributed by atoms with E-state index in [2.05, 4.69) is 9.97 Å². The van der Waals surface area contributed by atoms with Crippen molar-refractivity contribution < 1.29 is 22.3 Å². The van der Waals surface area contributed by atoms with Crippen molar-refractivity contribution in [3.05, 3.63) is 41.3 Å². The second kappa shape index (κ2) is 7.26. The average Bonchev–Trinajstić information content (AvgIpc) is 2.60. The second-order valence-corrected chi connectivity index (χ2v) is 7.84. The SMILES string of the molecule is CCS(=O)(=O)c1nc(-c2ccc(F)cc2)c(C(=O)OC)c(C(C)C)n1. The number of methoxy groups -OCH3 is 1. The van der Waals surface area contributed by atoms with Crippen molar-refractivity contribution in [1.29, 1.82) is 0 Å². The molecule has 1 aromatic carbocycles.